The van der Waals surface area contributed by atoms with E-state index in [1.54, 1.807) is 0 Å². The molecule has 5 rings (SSSR count). The molecule has 2 aromatic carbocycles. The van der Waals surface area contributed by atoms with E-state index in [0.29, 0.717) is 11.4 Å². The lowest BCUT2D eigenvalue weighted by molar-refractivity contribution is 0.449. The predicted octanol–water partition coefficient (Wildman–Crippen LogP) is 4.86. The van der Waals surface area contributed by atoms with Gasteiger partial charge in [-0.3, -0.25) is 0 Å². The number of rotatable bonds is 1. The molecule has 0 radical (unpaired) electrons. The number of benzene rings is 2. The van der Waals surface area contributed by atoms with Crippen LogP contribution < -0.4 is 0 Å². The number of phenolic OH excluding ortho intramolecular Hbond substituents is 1. The summed E-state index contributed by atoms with van der Waals surface area (Å²) in [4.78, 5) is 11.4. The molecular formula is C17H15NO2. The van der Waals surface area contributed by atoms with Crippen LogP contribution in [-0.2, 0) is 0 Å². The van der Waals surface area contributed by atoms with Gasteiger partial charge in [-0.2, -0.15) is 0 Å². The quantitative estimate of drug-likeness (QED) is 0.591. The summed E-state index contributed by atoms with van der Waals surface area (Å²) < 4.78 is 0. The van der Waals surface area contributed by atoms with E-state index in [-0.39, 0.29) is 11.8 Å². The average molecular weight is 265 g/mol. The molecule has 20 heavy (non-hydrogen) atoms. The van der Waals surface area contributed by atoms with Gasteiger partial charge in [-0.1, -0.05) is 35.9 Å². The molecule has 1 N–H and O–H groups in total. The fraction of sp³-hybridized carbons (Fsp3) is 0.294. The number of hydrogen-bond acceptors (Lipinski definition) is 3. The Kier molecular flexibility index (Phi) is 2.28. The molecule has 3 aliphatic carbocycles. The Morgan fingerprint density at radius 2 is 1.90 bits per heavy atom. The third-order valence-electron chi connectivity index (χ3n) is 4.83. The van der Waals surface area contributed by atoms with E-state index in [0.717, 1.165) is 34.7 Å². The first kappa shape index (κ1) is 11.6. The second-order valence-electron chi connectivity index (χ2n) is 5.81. The van der Waals surface area contributed by atoms with E-state index in [2.05, 4.69) is 18.2 Å². The fourth-order valence-corrected chi connectivity index (χ4v) is 3.96. The van der Waals surface area contributed by atoms with Crippen molar-refractivity contribution >= 4 is 16.5 Å². The standard InChI is InChI=1S/C17H15NO2/c1-9-8-10-6-7-11(9)15-14(10)17(19)13-5-3-2-4-12(13)16(15)18-20/h2-5,8,10-11,19H,6-7H2,1H3/t10-,11+/m1/s1. The van der Waals surface area contributed by atoms with Gasteiger partial charge >= 0.3 is 0 Å². The van der Waals surface area contributed by atoms with Gasteiger partial charge in [0.1, 0.15) is 11.4 Å². The summed E-state index contributed by atoms with van der Waals surface area (Å²) in [6.45, 7) is 2.11. The van der Waals surface area contributed by atoms with Crippen LogP contribution in [0.5, 0.6) is 5.75 Å². The fourth-order valence-electron chi connectivity index (χ4n) is 3.96. The van der Waals surface area contributed by atoms with Gasteiger partial charge in [0, 0.05) is 28.2 Å². The van der Waals surface area contributed by atoms with E-state index in [1.807, 2.05) is 24.3 Å². The van der Waals surface area contributed by atoms with Gasteiger partial charge in [0.25, 0.3) is 0 Å². The normalized spacial score (nSPS) is 23.6. The minimum Gasteiger partial charge on any atom is -0.507 e. The van der Waals surface area contributed by atoms with E-state index < -0.39 is 0 Å². The van der Waals surface area contributed by atoms with Gasteiger partial charge in [-0.05, 0) is 30.5 Å². The molecule has 100 valence electrons. The lowest BCUT2D eigenvalue weighted by atomic mass is 9.66. The van der Waals surface area contributed by atoms with Gasteiger partial charge in [-0.15, -0.1) is 4.91 Å². The average Bonchev–Trinajstić information content (AvgIpc) is 2.48. The van der Waals surface area contributed by atoms with Crippen LogP contribution in [0.3, 0.4) is 0 Å². The van der Waals surface area contributed by atoms with Crippen LogP contribution in [-0.4, -0.2) is 5.11 Å². The third kappa shape index (κ3) is 1.30. The Morgan fingerprint density at radius 3 is 2.60 bits per heavy atom. The number of fused-ring (bicyclic) bond motifs is 2. The molecule has 2 bridgehead atoms. The summed E-state index contributed by atoms with van der Waals surface area (Å²) in [5, 5.41) is 15.5. The van der Waals surface area contributed by atoms with E-state index in [1.165, 1.54) is 5.57 Å². The first-order chi connectivity index (χ1) is 9.72. The van der Waals surface area contributed by atoms with Crippen molar-refractivity contribution in [1.82, 2.24) is 0 Å². The molecule has 0 aromatic heterocycles. The molecule has 0 unspecified atom stereocenters. The Morgan fingerprint density at radius 1 is 1.15 bits per heavy atom. The van der Waals surface area contributed by atoms with Crippen molar-refractivity contribution in [2.45, 2.75) is 31.6 Å². The number of phenols is 1. The molecule has 3 nitrogen and oxygen atoms in total. The van der Waals surface area contributed by atoms with Crippen LogP contribution >= 0.6 is 0 Å². The van der Waals surface area contributed by atoms with Crippen molar-refractivity contribution < 1.29 is 5.11 Å². The first-order valence-electron chi connectivity index (χ1n) is 7.01. The van der Waals surface area contributed by atoms with Gasteiger partial charge < -0.3 is 5.11 Å². The summed E-state index contributed by atoms with van der Waals surface area (Å²) in [5.41, 5.74) is 3.72. The van der Waals surface area contributed by atoms with Crippen molar-refractivity contribution in [2.75, 3.05) is 0 Å². The zero-order valence-corrected chi connectivity index (χ0v) is 11.3. The number of aromatic hydroxyl groups is 1. The Balaban J connectivity index is 2.19. The number of nitroso groups, excluding NO2 is 1. The molecular weight excluding hydrogens is 250 g/mol. The zero-order chi connectivity index (χ0) is 13.9. The number of allylic oxidation sites excluding steroid dienone is 2. The minimum atomic E-state index is 0.222. The maximum Gasteiger partial charge on any atom is 0.127 e. The van der Waals surface area contributed by atoms with E-state index in [4.69, 9.17) is 0 Å². The molecule has 3 heteroatoms. The molecule has 0 heterocycles. The lowest BCUT2D eigenvalue weighted by Gasteiger charge is -2.38. The van der Waals surface area contributed by atoms with Crippen LogP contribution in [0.4, 0.5) is 5.69 Å². The zero-order valence-electron chi connectivity index (χ0n) is 11.3. The maximum absolute atomic E-state index is 11.4. The van der Waals surface area contributed by atoms with Gasteiger partial charge in [0.05, 0.1) is 0 Å². The largest absolute Gasteiger partial charge is 0.507 e. The summed E-state index contributed by atoms with van der Waals surface area (Å²) in [7, 11) is 0. The Bertz CT molecular complexity index is 776. The van der Waals surface area contributed by atoms with Gasteiger partial charge in [-0.25, -0.2) is 0 Å². The third-order valence-corrected chi connectivity index (χ3v) is 4.83. The van der Waals surface area contributed by atoms with Crippen LogP contribution in [0.15, 0.2) is 41.1 Å². The van der Waals surface area contributed by atoms with Crippen molar-refractivity contribution in [2.24, 2.45) is 5.18 Å². The Labute approximate surface area is 116 Å². The summed E-state index contributed by atoms with van der Waals surface area (Å²) in [6, 6.07) is 7.49. The molecule has 0 spiro atoms. The molecule has 0 saturated carbocycles. The lowest BCUT2D eigenvalue weighted by Crippen LogP contribution is -2.20. The highest BCUT2D eigenvalue weighted by molar-refractivity contribution is 6.00. The van der Waals surface area contributed by atoms with Crippen molar-refractivity contribution in [3.8, 4) is 5.75 Å². The topological polar surface area (TPSA) is 49.7 Å². The highest BCUT2D eigenvalue weighted by Gasteiger charge is 2.37. The molecule has 2 aromatic rings. The molecule has 0 aliphatic heterocycles. The summed E-state index contributed by atoms with van der Waals surface area (Å²) in [6.07, 6.45) is 4.32. The van der Waals surface area contributed by atoms with Crippen LogP contribution in [0.25, 0.3) is 10.8 Å². The molecule has 2 atom stereocenters. The Hall–Kier alpha value is -2.16. The molecule has 0 fully saturated rings. The summed E-state index contributed by atoms with van der Waals surface area (Å²) in [5.74, 6) is 0.791. The van der Waals surface area contributed by atoms with Crippen LogP contribution in [0.2, 0.25) is 0 Å². The predicted molar refractivity (Wildman–Crippen MR) is 79.5 cm³/mol. The molecule has 3 aliphatic rings. The molecule has 0 amide bonds. The van der Waals surface area contributed by atoms with E-state index in [9.17, 15) is 10.0 Å². The van der Waals surface area contributed by atoms with Crippen molar-refractivity contribution in [3.05, 3.63) is 51.9 Å². The molecule has 0 saturated heterocycles. The van der Waals surface area contributed by atoms with Crippen LogP contribution in [0, 0.1) is 4.91 Å². The minimum absolute atomic E-state index is 0.222. The second kappa shape index (κ2) is 3.92. The highest BCUT2D eigenvalue weighted by Crippen LogP contribution is 2.57. The SMILES string of the molecule is CC1=C[C@H]2CC[C@@H]1c1c2c(O)c2ccccc2c1N=O. The van der Waals surface area contributed by atoms with Gasteiger partial charge in [0.15, 0.2) is 0 Å². The van der Waals surface area contributed by atoms with Gasteiger partial charge in [0.2, 0.25) is 0 Å². The maximum atomic E-state index is 11.4. The number of nitrogens with zero attached hydrogens (tertiary/aromatic N) is 1. The van der Waals surface area contributed by atoms with Crippen molar-refractivity contribution in [3.63, 3.8) is 0 Å². The number of hydrogen-bond donors (Lipinski definition) is 1. The highest BCUT2D eigenvalue weighted by atomic mass is 16.3. The monoisotopic (exact) mass is 265 g/mol. The van der Waals surface area contributed by atoms with E-state index >= 15 is 0 Å². The smallest absolute Gasteiger partial charge is 0.127 e. The summed E-state index contributed by atoms with van der Waals surface area (Å²) >= 11 is 0. The van der Waals surface area contributed by atoms with Crippen LogP contribution in [0.1, 0.15) is 42.7 Å². The first-order valence-corrected chi connectivity index (χ1v) is 7.01. The second-order valence-corrected chi connectivity index (χ2v) is 5.81. The van der Waals surface area contributed by atoms with Crippen molar-refractivity contribution in [1.29, 1.82) is 0 Å².